The van der Waals surface area contributed by atoms with Gasteiger partial charge in [-0.3, -0.25) is 4.79 Å². The van der Waals surface area contributed by atoms with Gasteiger partial charge >= 0.3 is 5.97 Å². The molecule has 1 heterocycles. The summed E-state index contributed by atoms with van der Waals surface area (Å²) < 4.78 is 4.40. The van der Waals surface area contributed by atoms with Crippen molar-refractivity contribution in [2.75, 3.05) is 12.8 Å². The summed E-state index contributed by atoms with van der Waals surface area (Å²) in [6, 6.07) is 1.76. The van der Waals surface area contributed by atoms with E-state index >= 15 is 0 Å². The van der Waals surface area contributed by atoms with E-state index in [1.807, 2.05) is 0 Å². The topological polar surface area (TPSA) is 116 Å². The number of thiophene rings is 1. The molecule has 84 valence electrons. The molecule has 1 rings (SSSR count). The molecule has 0 atom stereocenters. The molecule has 0 amide bonds. The molecular formula is C9H7N2O4S-. The zero-order chi connectivity index (χ0) is 12.3. The SMILES string of the molecule is COC(=O)Cc1c(C(=O)[O-])sc(N)c1C#N. The van der Waals surface area contributed by atoms with Crippen molar-refractivity contribution in [3.63, 3.8) is 0 Å². The van der Waals surface area contributed by atoms with Crippen LogP contribution in [-0.4, -0.2) is 19.0 Å². The van der Waals surface area contributed by atoms with E-state index < -0.39 is 11.9 Å². The van der Waals surface area contributed by atoms with E-state index in [1.54, 1.807) is 6.07 Å². The van der Waals surface area contributed by atoms with Gasteiger partial charge in [0.2, 0.25) is 0 Å². The van der Waals surface area contributed by atoms with E-state index in [0.717, 1.165) is 0 Å². The summed E-state index contributed by atoms with van der Waals surface area (Å²) in [7, 11) is 1.17. The molecule has 0 aliphatic rings. The Bertz CT molecular complexity index is 486. The summed E-state index contributed by atoms with van der Waals surface area (Å²) in [6.07, 6.45) is -0.309. The molecule has 0 saturated carbocycles. The highest BCUT2D eigenvalue weighted by Crippen LogP contribution is 2.30. The number of methoxy groups -OCH3 is 1. The van der Waals surface area contributed by atoms with Gasteiger partial charge in [0.05, 0.1) is 29.9 Å². The standard InChI is InChI=1S/C9H8N2O4S/c1-15-6(12)2-4-5(3-10)8(11)16-7(4)9(13)14/h2,11H2,1H3,(H,13,14)/p-1. The molecule has 0 spiro atoms. The Labute approximate surface area is 94.9 Å². The second kappa shape index (κ2) is 4.63. The van der Waals surface area contributed by atoms with Crippen molar-refractivity contribution < 1.29 is 19.4 Å². The van der Waals surface area contributed by atoms with Crippen LogP contribution in [-0.2, 0) is 16.0 Å². The molecule has 1 aromatic rings. The molecule has 0 aliphatic heterocycles. The van der Waals surface area contributed by atoms with E-state index in [2.05, 4.69) is 4.74 Å². The van der Waals surface area contributed by atoms with Crippen LogP contribution in [0.25, 0.3) is 0 Å². The molecule has 0 aromatic carbocycles. The van der Waals surface area contributed by atoms with Gasteiger partial charge in [0, 0.05) is 5.56 Å². The lowest BCUT2D eigenvalue weighted by atomic mass is 10.1. The number of rotatable bonds is 3. The minimum Gasteiger partial charge on any atom is -0.544 e. The average molecular weight is 239 g/mol. The van der Waals surface area contributed by atoms with Crippen LogP contribution < -0.4 is 10.8 Å². The van der Waals surface area contributed by atoms with Gasteiger partial charge in [0.1, 0.15) is 11.1 Å². The number of carboxylic acids is 1. The Morgan fingerprint density at radius 3 is 2.69 bits per heavy atom. The number of hydrogen-bond donors (Lipinski definition) is 1. The molecule has 0 unspecified atom stereocenters. The molecule has 7 heteroatoms. The fraction of sp³-hybridized carbons (Fsp3) is 0.222. The summed E-state index contributed by atoms with van der Waals surface area (Å²) in [5.74, 6) is -2.10. The summed E-state index contributed by atoms with van der Waals surface area (Å²) >= 11 is 0.712. The fourth-order valence-electron chi connectivity index (χ4n) is 1.16. The number of aromatic carboxylic acids is 1. The molecule has 6 nitrogen and oxygen atoms in total. The Balaban J connectivity index is 3.27. The molecule has 0 aliphatic carbocycles. The molecule has 0 saturated heterocycles. The zero-order valence-corrected chi connectivity index (χ0v) is 9.09. The highest BCUT2D eigenvalue weighted by atomic mass is 32.1. The molecule has 0 fully saturated rings. The van der Waals surface area contributed by atoms with Crippen LogP contribution in [0.3, 0.4) is 0 Å². The Morgan fingerprint density at radius 1 is 1.62 bits per heavy atom. The van der Waals surface area contributed by atoms with Crippen molar-refractivity contribution in [1.82, 2.24) is 0 Å². The van der Waals surface area contributed by atoms with Gasteiger partial charge in [-0.25, -0.2) is 0 Å². The predicted octanol–water partition coefficient (Wildman–Crippen LogP) is -0.719. The maximum atomic E-state index is 11.1. The number of anilines is 1. The Morgan fingerprint density at radius 2 is 2.25 bits per heavy atom. The van der Waals surface area contributed by atoms with Crippen LogP contribution in [0.4, 0.5) is 5.00 Å². The highest BCUT2D eigenvalue weighted by Gasteiger charge is 2.19. The van der Waals surface area contributed by atoms with E-state index in [9.17, 15) is 14.7 Å². The minimum atomic E-state index is -1.46. The van der Waals surface area contributed by atoms with Gasteiger partial charge in [-0.05, 0) is 0 Å². The van der Waals surface area contributed by atoms with Crippen LogP contribution in [0, 0.1) is 11.3 Å². The largest absolute Gasteiger partial charge is 0.544 e. The van der Waals surface area contributed by atoms with Crippen molar-refractivity contribution >= 4 is 28.3 Å². The van der Waals surface area contributed by atoms with E-state index in [1.165, 1.54) is 7.11 Å². The number of hydrogen-bond acceptors (Lipinski definition) is 7. The number of carbonyl (C=O) groups is 2. The summed E-state index contributed by atoms with van der Waals surface area (Å²) in [4.78, 5) is 21.6. The van der Waals surface area contributed by atoms with Crippen LogP contribution in [0.1, 0.15) is 20.8 Å². The van der Waals surface area contributed by atoms with Crippen LogP contribution in [0.15, 0.2) is 0 Å². The van der Waals surface area contributed by atoms with Gasteiger partial charge < -0.3 is 20.4 Å². The van der Waals surface area contributed by atoms with Gasteiger partial charge in [0.25, 0.3) is 0 Å². The number of nitriles is 1. The molecule has 0 bridgehead atoms. The zero-order valence-electron chi connectivity index (χ0n) is 8.27. The molecule has 16 heavy (non-hydrogen) atoms. The molecule has 0 radical (unpaired) electrons. The first-order chi connectivity index (χ1) is 7.51. The van der Waals surface area contributed by atoms with Gasteiger partial charge in [-0.1, -0.05) is 0 Å². The number of esters is 1. The maximum absolute atomic E-state index is 11.1. The number of ether oxygens (including phenoxy) is 1. The van der Waals surface area contributed by atoms with Crippen molar-refractivity contribution in [2.24, 2.45) is 0 Å². The predicted molar refractivity (Wildman–Crippen MR) is 53.5 cm³/mol. The molecule has 2 N–H and O–H groups in total. The Kier molecular flexibility index (Phi) is 3.48. The quantitative estimate of drug-likeness (QED) is 0.696. The smallest absolute Gasteiger partial charge is 0.310 e. The maximum Gasteiger partial charge on any atom is 0.310 e. The molecular weight excluding hydrogens is 232 g/mol. The van der Waals surface area contributed by atoms with Crippen molar-refractivity contribution in [3.8, 4) is 6.07 Å². The van der Waals surface area contributed by atoms with E-state index in [-0.39, 0.29) is 27.4 Å². The first-order valence-electron chi connectivity index (χ1n) is 4.10. The normalized spacial score (nSPS) is 9.50. The lowest BCUT2D eigenvalue weighted by Crippen LogP contribution is -2.23. The van der Waals surface area contributed by atoms with Gasteiger partial charge in [0.15, 0.2) is 0 Å². The van der Waals surface area contributed by atoms with Gasteiger partial charge in [-0.15, -0.1) is 11.3 Å². The van der Waals surface area contributed by atoms with Crippen LogP contribution in [0.2, 0.25) is 0 Å². The first-order valence-corrected chi connectivity index (χ1v) is 4.92. The van der Waals surface area contributed by atoms with Crippen LogP contribution >= 0.6 is 11.3 Å². The third kappa shape index (κ3) is 2.12. The average Bonchev–Trinajstić information content (AvgIpc) is 2.55. The minimum absolute atomic E-state index is 0.00500. The third-order valence-electron chi connectivity index (χ3n) is 1.88. The first kappa shape index (κ1) is 12.0. The second-order valence-corrected chi connectivity index (χ2v) is 3.85. The van der Waals surface area contributed by atoms with Crippen molar-refractivity contribution in [3.05, 3.63) is 16.0 Å². The van der Waals surface area contributed by atoms with Crippen molar-refractivity contribution in [2.45, 2.75) is 6.42 Å². The fourth-order valence-corrected chi connectivity index (χ4v) is 2.03. The Hall–Kier alpha value is -2.07. The lowest BCUT2D eigenvalue weighted by molar-refractivity contribution is -0.254. The molecule has 1 aromatic heterocycles. The van der Waals surface area contributed by atoms with Gasteiger partial charge in [-0.2, -0.15) is 5.26 Å². The number of carbonyl (C=O) groups excluding carboxylic acids is 2. The number of carboxylic acid groups (broad SMARTS) is 1. The van der Waals surface area contributed by atoms with Crippen molar-refractivity contribution in [1.29, 1.82) is 5.26 Å². The third-order valence-corrected chi connectivity index (χ3v) is 2.92. The summed E-state index contributed by atoms with van der Waals surface area (Å²) in [5, 5.41) is 19.6. The second-order valence-electron chi connectivity index (χ2n) is 2.80. The lowest BCUT2D eigenvalue weighted by Gasteiger charge is -2.03. The summed E-state index contributed by atoms with van der Waals surface area (Å²) in [6.45, 7) is 0. The summed E-state index contributed by atoms with van der Waals surface area (Å²) in [5.41, 5.74) is 5.51. The number of nitrogens with two attached hydrogens (primary N) is 1. The highest BCUT2D eigenvalue weighted by molar-refractivity contribution is 7.18. The number of nitrogens with zero attached hydrogens (tertiary/aromatic N) is 1. The van der Waals surface area contributed by atoms with E-state index in [0.29, 0.717) is 11.3 Å². The monoisotopic (exact) mass is 239 g/mol. The van der Waals surface area contributed by atoms with E-state index in [4.69, 9.17) is 11.0 Å². The number of nitrogen functional groups attached to an aromatic ring is 1. The van der Waals surface area contributed by atoms with Crippen LogP contribution in [0.5, 0.6) is 0 Å².